The minimum Gasteiger partial charge on any atom is -0.321 e. The molecular formula is C13H15F2N. The van der Waals surface area contributed by atoms with Crippen LogP contribution < -0.4 is 5.73 Å². The molecule has 0 atom stereocenters. The molecule has 16 heavy (non-hydrogen) atoms. The van der Waals surface area contributed by atoms with Gasteiger partial charge in [0.25, 0.3) is 5.92 Å². The lowest BCUT2D eigenvalue weighted by molar-refractivity contribution is -0.0286. The zero-order chi connectivity index (χ0) is 11.4. The molecule has 0 aromatic heterocycles. The van der Waals surface area contributed by atoms with Crippen molar-refractivity contribution in [3.05, 3.63) is 35.4 Å². The van der Waals surface area contributed by atoms with E-state index in [0.29, 0.717) is 12.8 Å². The van der Waals surface area contributed by atoms with Crippen LogP contribution in [0.25, 0.3) is 0 Å². The second-order valence-corrected chi connectivity index (χ2v) is 5.13. The highest BCUT2D eigenvalue weighted by molar-refractivity contribution is 5.35. The van der Waals surface area contributed by atoms with Crippen molar-refractivity contribution in [2.24, 2.45) is 11.7 Å². The van der Waals surface area contributed by atoms with E-state index in [2.05, 4.69) is 0 Å². The van der Waals surface area contributed by atoms with Crippen LogP contribution in [0, 0.1) is 5.92 Å². The Morgan fingerprint density at radius 1 is 1.25 bits per heavy atom. The highest BCUT2D eigenvalue weighted by atomic mass is 19.3. The van der Waals surface area contributed by atoms with Crippen molar-refractivity contribution < 1.29 is 8.78 Å². The third-order valence-corrected chi connectivity index (χ3v) is 3.70. The standard InChI is InChI=1S/C13H15F2N/c14-13(15,9-4-5-9)11-3-1-2-10(8-11)12(16)6-7-12/h1-3,8-9H,4-7,16H2. The van der Waals surface area contributed by atoms with E-state index >= 15 is 0 Å². The summed E-state index contributed by atoms with van der Waals surface area (Å²) in [5.74, 6) is -3.11. The Hall–Kier alpha value is -0.960. The molecule has 2 saturated carbocycles. The molecule has 1 aromatic rings. The summed E-state index contributed by atoms with van der Waals surface area (Å²) in [5.41, 5.74) is 6.71. The predicted octanol–water partition coefficient (Wildman–Crippen LogP) is 3.14. The minimum absolute atomic E-state index is 0.143. The van der Waals surface area contributed by atoms with Gasteiger partial charge in [-0.3, -0.25) is 0 Å². The summed E-state index contributed by atoms with van der Waals surface area (Å²) >= 11 is 0. The average molecular weight is 223 g/mol. The molecule has 2 fully saturated rings. The van der Waals surface area contributed by atoms with E-state index in [-0.39, 0.29) is 11.1 Å². The fraction of sp³-hybridized carbons (Fsp3) is 0.538. The van der Waals surface area contributed by atoms with Crippen molar-refractivity contribution in [2.45, 2.75) is 37.1 Å². The third kappa shape index (κ3) is 1.54. The monoisotopic (exact) mass is 223 g/mol. The highest BCUT2D eigenvalue weighted by Gasteiger charge is 2.48. The summed E-state index contributed by atoms with van der Waals surface area (Å²) in [4.78, 5) is 0. The molecule has 0 radical (unpaired) electrons. The second kappa shape index (κ2) is 3.04. The van der Waals surface area contributed by atoms with Crippen molar-refractivity contribution in [3.8, 4) is 0 Å². The Morgan fingerprint density at radius 2 is 1.94 bits per heavy atom. The second-order valence-electron chi connectivity index (χ2n) is 5.13. The molecule has 0 amide bonds. The summed E-state index contributed by atoms with van der Waals surface area (Å²) < 4.78 is 27.8. The van der Waals surface area contributed by atoms with Crippen LogP contribution in [0.4, 0.5) is 8.78 Å². The molecule has 0 bridgehead atoms. The van der Waals surface area contributed by atoms with Crippen LogP contribution in [0.5, 0.6) is 0 Å². The van der Waals surface area contributed by atoms with Gasteiger partial charge in [-0.1, -0.05) is 18.2 Å². The van der Waals surface area contributed by atoms with E-state index in [1.807, 2.05) is 6.07 Å². The fourth-order valence-corrected chi connectivity index (χ4v) is 2.14. The molecule has 0 heterocycles. The van der Waals surface area contributed by atoms with Crippen LogP contribution in [0.3, 0.4) is 0 Å². The van der Waals surface area contributed by atoms with E-state index in [4.69, 9.17) is 5.73 Å². The molecule has 0 aliphatic heterocycles. The average Bonchev–Trinajstić information content (AvgIpc) is 3.12. The number of alkyl halides is 2. The van der Waals surface area contributed by atoms with Gasteiger partial charge in [-0.15, -0.1) is 0 Å². The molecule has 3 heteroatoms. The van der Waals surface area contributed by atoms with Gasteiger partial charge in [-0.2, -0.15) is 0 Å². The third-order valence-electron chi connectivity index (χ3n) is 3.70. The number of halogens is 2. The molecule has 86 valence electrons. The quantitative estimate of drug-likeness (QED) is 0.837. The van der Waals surface area contributed by atoms with Crippen molar-refractivity contribution in [1.82, 2.24) is 0 Å². The molecule has 2 aliphatic carbocycles. The van der Waals surface area contributed by atoms with Gasteiger partial charge < -0.3 is 5.73 Å². The minimum atomic E-state index is -2.67. The fourth-order valence-electron chi connectivity index (χ4n) is 2.14. The zero-order valence-corrected chi connectivity index (χ0v) is 9.05. The van der Waals surface area contributed by atoms with Crippen LogP contribution in [0.1, 0.15) is 36.8 Å². The van der Waals surface area contributed by atoms with Crippen LogP contribution >= 0.6 is 0 Å². The van der Waals surface area contributed by atoms with Crippen LogP contribution in [-0.2, 0) is 11.5 Å². The lowest BCUT2D eigenvalue weighted by atomic mass is 9.97. The van der Waals surface area contributed by atoms with Crippen molar-refractivity contribution in [2.75, 3.05) is 0 Å². The maximum atomic E-state index is 13.9. The Labute approximate surface area is 93.6 Å². The maximum absolute atomic E-state index is 13.9. The first-order valence-electron chi connectivity index (χ1n) is 5.80. The maximum Gasteiger partial charge on any atom is 0.276 e. The van der Waals surface area contributed by atoms with Crippen LogP contribution in [0.2, 0.25) is 0 Å². The number of hydrogen-bond donors (Lipinski definition) is 1. The molecule has 2 N–H and O–H groups in total. The number of hydrogen-bond acceptors (Lipinski definition) is 1. The Balaban J connectivity index is 1.95. The van der Waals surface area contributed by atoms with Gasteiger partial charge in [-0.05, 0) is 37.3 Å². The highest BCUT2D eigenvalue weighted by Crippen LogP contribution is 2.51. The van der Waals surface area contributed by atoms with Crippen molar-refractivity contribution >= 4 is 0 Å². The molecule has 0 saturated heterocycles. The van der Waals surface area contributed by atoms with Crippen LogP contribution in [-0.4, -0.2) is 0 Å². The molecule has 1 nitrogen and oxygen atoms in total. The van der Waals surface area contributed by atoms with Gasteiger partial charge in [0, 0.05) is 17.0 Å². The first-order valence-corrected chi connectivity index (χ1v) is 5.80. The first-order chi connectivity index (χ1) is 7.52. The summed E-state index contributed by atoms with van der Waals surface area (Å²) in [6.45, 7) is 0. The summed E-state index contributed by atoms with van der Waals surface area (Å²) in [7, 11) is 0. The van der Waals surface area contributed by atoms with Crippen LogP contribution in [0.15, 0.2) is 24.3 Å². The lowest BCUT2D eigenvalue weighted by Gasteiger charge is -2.18. The molecule has 3 rings (SSSR count). The van der Waals surface area contributed by atoms with E-state index in [9.17, 15) is 8.78 Å². The molecule has 1 aromatic carbocycles. The molecule has 2 aliphatic rings. The van der Waals surface area contributed by atoms with E-state index in [1.165, 1.54) is 6.07 Å². The van der Waals surface area contributed by atoms with Gasteiger partial charge in [0.15, 0.2) is 0 Å². The molecular weight excluding hydrogens is 208 g/mol. The SMILES string of the molecule is NC1(c2cccc(C(F)(F)C3CC3)c2)CC1. The zero-order valence-electron chi connectivity index (χ0n) is 9.05. The summed E-state index contributed by atoms with van der Waals surface area (Å²) in [5, 5.41) is 0. The number of nitrogens with two attached hydrogens (primary N) is 1. The Bertz CT molecular complexity index is 420. The largest absolute Gasteiger partial charge is 0.321 e. The van der Waals surface area contributed by atoms with E-state index in [1.54, 1.807) is 12.1 Å². The van der Waals surface area contributed by atoms with Crippen molar-refractivity contribution in [1.29, 1.82) is 0 Å². The van der Waals surface area contributed by atoms with Gasteiger partial charge >= 0.3 is 0 Å². The number of rotatable bonds is 3. The first kappa shape index (κ1) is 10.2. The smallest absolute Gasteiger partial charge is 0.276 e. The summed E-state index contributed by atoms with van der Waals surface area (Å²) in [6.07, 6.45) is 3.10. The van der Waals surface area contributed by atoms with Gasteiger partial charge in [0.2, 0.25) is 0 Å². The topological polar surface area (TPSA) is 26.0 Å². The van der Waals surface area contributed by atoms with Gasteiger partial charge in [0.1, 0.15) is 0 Å². The van der Waals surface area contributed by atoms with E-state index in [0.717, 1.165) is 18.4 Å². The molecule has 0 spiro atoms. The molecule has 0 unspecified atom stereocenters. The van der Waals surface area contributed by atoms with Gasteiger partial charge in [0.05, 0.1) is 0 Å². The lowest BCUT2D eigenvalue weighted by Crippen LogP contribution is -2.21. The normalized spacial score (nSPS) is 23.2. The Kier molecular flexibility index (Phi) is 1.94. The van der Waals surface area contributed by atoms with E-state index < -0.39 is 11.8 Å². The number of benzene rings is 1. The predicted molar refractivity (Wildman–Crippen MR) is 58.2 cm³/mol. The van der Waals surface area contributed by atoms with Gasteiger partial charge in [-0.25, -0.2) is 8.78 Å². The van der Waals surface area contributed by atoms with Crippen molar-refractivity contribution in [3.63, 3.8) is 0 Å². The Morgan fingerprint density at radius 3 is 2.50 bits per heavy atom. The summed E-state index contributed by atoms with van der Waals surface area (Å²) in [6, 6.07) is 6.69.